The van der Waals surface area contributed by atoms with Crippen molar-refractivity contribution in [3.8, 4) is 11.5 Å². The first-order chi connectivity index (χ1) is 15.9. The second-order valence-electron chi connectivity index (χ2n) is 9.12. The van der Waals surface area contributed by atoms with Crippen LogP contribution in [0.15, 0.2) is 47.7 Å². The van der Waals surface area contributed by atoms with Gasteiger partial charge in [0.2, 0.25) is 0 Å². The van der Waals surface area contributed by atoms with Gasteiger partial charge in [0.15, 0.2) is 23.0 Å². The molecular weight excluding hydrogens is 420 g/mol. The van der Waals surface area contributed by atoms with Crippen LogP contribution in [-0.2, 0) is 14.3 Å². The molecule has 2 aromatic rings. The van der Waals surface area contributed by atoms with E-state index in [0.29, 0.717) is 28.8 Å². The molecule has 0 spiro atoms. The van der Waals surface area contributed by atoms with E-state index in [2.05, 4.69) is 11.9 Å². The van der Waals surface area contributed by atoms with Crippen LogP contribution < -0.4 is 14.4 Å². The van der Waals surface area contributed by atoms with Gasteiger partial charge in [-0.05, 0) is 61.9 Å². The summed E-state index contributed by atoms with van der Waals surface area (Å²) in [5.74, 6) is 1.67. The van der Waals surface area contributed by atoms with Crippen LogP contribution in [0.3, 0.4) is 0 Å². The third-order valence-corrected chi connectivity index (χ3v) is 6.95. The van der Waals surface area contributed by atoms with Gasteiger partial charge in [0.25, 0.3) is 5.91 Å². The molecule has 33 heavy (non-hydrogen) atoms. The van der Waals surface area contributed by atoms with Gasteiger partial charge in [0.1, 0.15) is 11.9 Å². The van der Waals surface area contributed by atoms with E-state index in [1.54, 1.807) is 31.3 Å². The number of anilines is 1. The predicted molar refractivity (Wildman–Crippen MR) is 122 cm³/mol. The molecule has 1 amide bonds. The van der Waals surface area contributed by atoms with Crippen molar-refractivity contribution in [1.82, 2.24) is 4.98 Å². The van der Waals surface area contributed by atoms with E-state index in [1.807, 2.05) is 31.2 Å². The number of carbonyl (C=O) groups excluding carboxylic acids is 2. The average molecular weight is 449 g/mol. The third kappa shape index (κ3) is 3.46. The minimum atomic E-state index is -0.646. The number of pyridine rings is 1. The van der Waals surface area contributed by atoms with Crippen molar-refractivity contribution in [1.29, 1.82) is 0 Å². The molecule has 5 rings (SSSR count). The first-order valence-electron chi connectivity index (χ1n) is 11.4. The fourth-order valence-corrected chi connectivity index (χ4v) is 5.31. The molecule has 0 bridgehead atoms. The molecule has 2 aliphatic heterocycles. The van der Waals surface area contributed by atoms with Crippen LogP contribution >= 0.6 is 0 Å². The maximum absolute atomic E-state index is 13.8. The number of amides is 1. The van der Waals surface area contributed by atoms with Crippen LogP contribution in [0.5, 0.6) is 11.5 Å². The summed E-state index contributed by atoms with van der Waals surface area (Å²) < 4.78 is 17.2. The average Bonchev–Trinajstić information content (AvgIpc) is 3.11. The maximum atomic E-state index is 13.8. The molecular formula is C26H28N2O5. The Morgan fingerprint density at radius 3 is 2.58 bits per heavy atom. The van der Waals surface area contributed by atoms with E-state index in [-0.39, 0.29) is 29.5 Å². The van der Waals surface area contributed by atoms with Gasteiger partial charge >= 0.3 is 0 Å². The highest BCUT2D eigenvalue weighted by molar-refractivity contribution is 6.17. The molecule has 1 fully saturated rings. The summed E-state index contributed by atoms with van der Waals surface area (Å²) in [5, 5.41) is 0. The van der Waals surface area contributed by atoms with Crippen molar-refractivity contribution in [2.45, 2.75) is 45.3 Å². The predicted octanol–water partition coefficient (Wildman–Crippen LogP) is 4.15. The number of nitrogens with zero attached hydrogens (tertiary/aromatic N) is 2. The zero-order valence-corrected chi connectivity index (χ0v) is 19.3. The number of rotatable bonds is 4. The summed E-state index contributed by atoms with van der Waals surface area (Å²) in [7, 11) is 3.14. The first-order valence-corrected chi connectivity index (χ1v) is 11.4. The van der Waals surface area contributed by atoms with Crippen molar-refractivity contribution >= 4 is 17.5 Å². The Morgan fingerprint density at radius 1 is 1.06 bits per heavy atom. The van der Waals surface area contributed by atoms with Gasteiger partial charge in [-0.3, -0.25) is 14.5 Å². The lowest BCUT2D eigenvalue weighted by Gasteiger charge is -2.37. The number of Topliss-reactive ketones (excluding diaryl/α,β-unsaturated/α-hetero) is 1. The molecule has 1 aliphatic carbocycles. The van der Waals surface area contributed by atoms with Crippen molar-refractivity contribution < 1.29 is 23.8 Å². The van der Waals surface area contributed by atoms with Crippen molar-refractivity contribution in [3.05, 3.63) is 59.0 Å². The zero-order valence-electron chi connectivity index (χ0n) is 19.3. The lowest BCUT2D eigenvalue weighted by molar-refractivity contribution is -0.132. The molecule has 1 aromatic carbocycles. The number of fused-ring (bicyclic) bond motifs is 1. The highest BCUT2D eigenvalue weighted by Crippen LogP contribution is 2.49. The van der Waals surface area contributed by atoms with E-state index in [9.17, 15) is 9.59 Å². The third-order valence-electron chi connectivity index (χ3n) is 6.95. The van der Waals surface area contributed by atoms with E-state index >= 15 is 0 Å². The summed E-state index contributed by atoms with van der Waals surface area (Å²) in [6.45, 7) is 4.04. The van der Waals surface area contributed by atoms with Gasteiger partial charge in [-0.15, -0.1) is 0 Å². The minimum Gasteiger partial charge on any atom is -0.493 e. The molecule has 1 saturated carbocycles. The van der Waals surface area contributed by atoms with Gasteiger partial charge < -0.3 is 14.2 Å². The van der Waals surface area contributed by atoms with Crippen LogP contribution in [-0.4, -0.2) is 37.0 Å². The number of aryl methyl sites for hydroxylation is 1. The Labute approximate surface area is 193 Å². The molecule has 0 radical (unpaired) electrons. The first kappa shape index (κ1) is 21.5. The van der Waals surface area contributed by atoms with Crippen molar-refractivity contribution in [2.75, 3.05) is 19.1 Å². The number of ketones is 1. The summed E-state index contributed by atoms with van der Waals surface area (Å²) in [5.41, 5.74) is 1.95. The second kappa shape index (κ2) is 8.21. The smallest absolute Gasteiger partial charge is 0.295 e. The van der Waals surface area contributed by atoms with E-state index in [4.69, 9.17) is 14.2 Å². The standard InChI is InChI=1S/C26H28N2O5/c1-14-8-10-18-17(12-14)24(29)22-23(16-9-11-19(31-3)20(13-16)32-4)28(26(30)25(22)33-18)21-7-5-6-15(2)27-21/h5-7,9,11,13-14,17-18,23H,8,10,12H2,1-4H3. The van der Waals surface area contributed by atoms with Gasteiger partial charge in [-0.1, -0.05) is 19.1 Å². The fraction of sp³-hybridized carbons (Fsp3) is 0.423. The fourth-order valence-electron chi connectivity index (χ4n) is 5.31. The Hall–Kier alpha value is -3.35. The Balaban J connectivity index is 1.67. The van der Waals surface area contributed by atoms with E-state index in [0.717, 1.165) is 30.5 Å². The SMILES string of the molecule is COc1ccc(C2C3=C(OC4CCC(C)CC4C3=O)C(=O)N2c2cccc(C)n2)cc1OC. The molecule has 4 atom stereocenters. The maximum Gasteiger partial charge on any atom is 0.295 e. The van der Waals surface area contributed by atoms with Crippen LogP contribution in [0.1, 0.15) is 43.5 Å². The molecule has 3 aliphatic rings. The molecule has 1 aromatic heterocycles. The van der Waals surface area contributed by atoms with Crippen LogP contribution in [0, 0.1) is 18.8 Å². The number of hydrogen-bond acceptors (Lipinski definition) is 6. The molecule has 3 heterocycles. The highest BCUT2D eigenvalue weighted by Gasteiger charge is 2.53. The van der Waals surface area contributed by atoms with Crippen molar-refractivity contribution in [2.24, 2.45) is 11.8 Å². The number of ether oxygens (including phenoxy) is 3. The quantitative estimate of drug-likeness (QED) is 0.699. The van der Waals surface area contributed by atoms with Crippen LogP contribution in [0.4, 0.5) is 5.82 Å². The summed E-state index contributed by atoms with van der Waals surface area (Å²) in [6, 6.07) is 10.3. The largest absolute Gasteiger partial charge is 0.493 e. The number of hydrogen-bond donors (Lipinski definition) is 0. The molecule has 172 valence electrons. The van der Waals surface area contributed by atoms with Gasteiger partial charge in [-0.2, -0.15) is 0 Å². The summed E-state index contributed by atoms with van der Waals surface area (Å²) in [4.78, 5) is 33.7. The van der Waals surface area contributed by atoms with Gasteiger partial charge in [0, 0.05) is 5.69 Å². The molecule has 0 N–H and O–H groups in total. The molecule has 4 unspecified atom stereocenters. The topological polar surface area (TPSA) is 78.0 Å². The van der Waals surface area contributed by atoms with E-state index in [1.165, 1.54) is 0 Å². The van der Waals surface area contributed by atoms with Crippen LogP contribution in [0.25, 0.3) is 0 Å². The van der Waals surface area contributed by atoms with Crippen LogP contribution in [0.2, 0.25) is 0 Å². The lowest BCUT2D eigenvalue weighted by Crippen LogP contribution is -2.41. The highest BCUT2D eigenvalue weighted by atomic mass is 16.5. The number of carbonyl (C=O) groups is 2. The van der Waals surface area contributed by atoms with Gasteiger partial charge in [-0.25, -0.2) is 4.98 Å². The Morgan fingerprint density at radius 2 is 1.85 bits per heavy atom. The number of benzene rings is 1. The normalized spacial score (nSPS) is 26.6. The number of aromatic nitrogens is 1. The minimum absolute atomic E-state index is 0.0103. The van der Waals surface area contributed by atoms with E-state index < -0.39 is 6.04 Å². The number of methoxy groups -OCH3 is 2. The Bertz CT molecular complexity index is 1160. The monoisotopic (exact) mass is 448 g/mol. The summed E-state index contributed by atoms with van der Waals surface area (Å²) >= 11 is 0. The van der Waals surface area contributed by atoms with Crippen molar-refractivity contribution in [3.63, 3.8) is 0 Å². The molecule has 7 heteroatoms. The molecule has 7 nitrogen and oxygen atoms in total. The molecule has 0 saturated heterocycles. The van der Waals surface area contributed by atoms with Gasteiger partial charge in [0.05, 0.1) is 31.8 Å². The lowest BCUT2D eigenvalue weighted by atomic mass is 9.74. The Kier molecular flexibility index (Phi) is 5.35. The summed E-state index contributed by atoms with van der Waals surface area (Å²) in [6.07, 6.45) is 2.31. The second-order valence-corrected chi connectivity index (χ2v) is 9.12. The zero-order chi connectivity index (χ0) is 23.3.